The maximum atomic E-state index is 13.2. The number of carboxylic acids is 1. The van der Waals surface area contributed by atoms with E-state index in [0.717, 1.165) is 15.4 Å². The molecule has 25 heavy (non-hydrogen) atoms. The van der Waals surface area contributed by atoms with Crippen LogP contribution in [0.4, 0.5) is 4.39 Å². The highest BCUT2D eigenvalue weighted by molar-refractivity contribution is 7.15. The molecule has 5 nitrogen and oxygen atoms in total. The van der Waals surface area contributed by atoms with Crippen molar-refractivity contribution in [1.82, 2.24) is 10.3 Å². The molecule has 1 aliphatic rings. The zero-order valence-corrected chi connectivity index (χ0v) is 14.6. The summed E-state index contributed by atoms with van der Waals surface area (Å²) in [6, 6.07) is 5.83. The fraction of sp³-hybridized carbons (Fsp3) is 0.389. The van der Waals surface area contributed by atoms with Crippen molar-refractivity contribution >= 4 is 23.1 Å². The van der Waals surface area contributed by atoms with Gasteiger partial charge in [-0.1, -0.05) is 12.1 Å². The quantitative estimate of drug-likeness (QED) is 0.798. The van der Waals surface area contributed by atoms with E-state index >= 15 is 0 Å². The standard InChI is InChI=1S/C18H19FN2O3S/c1-10-21-16(18(25-10)11-2-4-13(19)5-3-11)17(24)12-6-7-20-14(8-12)9-15(22)23/h2-5,12,14,20H,6-9H2,1H3,(H,22,23). The average Bonchev–Trinajstić information content (AvgIpc) is 2.96. The zero-order valence-electron chi connectivity index (χ0n) is 13.8. The van der Waals surface area contributed by atoms with Crippen LogP contribution < -0.4 is 5.32 Å². The van der Waals surface area contributed by atoms with Crippen LogP contribution in [0.3, 0.4) is 0 Å². The molecule has 0 amide bonds. The van der Waals surface area contributed by atoms with Gasteiger partial charge in [0.1, 0.15) is 11.5 Å². The monoisotopic (exact) mass is 362 g/mol. The number of carbonyl (C=O) groups excluding carboxylic acids is 1. The molecule has 2 atom stereocenters. The minimum absolute atomic E-state index is 0.00466. The SMILES string of the molecule is Cc1nc(C(=O)C2CCNC(CC(=O)O)C2)c(-c2ccc(F)cc2)s1. The Morgan fingerprint density at radius 2 is 2.08 bits per heavy atom. The molecular formula is C18H19FN2O3S. The number of piperidine rings is 1. The maximum Gasteiger partial charge on any atom is 0.304 e. The summed E-state index contributed by atoms with van der Waals surface area (Å²) in [5.74, 6) is -1.50. The predicted octanol–water partition coefficient (Wildman–Crippen LogP) is 3.28. The number of halogens is 1. The fourth-order valence-electron chi connectivity index (χ4n) is 3.20. The third-order valence-electron chi connectivity index (χ3n) is 4.36. The molecule has 1 aromatic carbocycles. The molecular weight excluding hydrogens is 343 g/mol. The summed E-state index contributed by atoms with van der Waals surface area (Å²) in [5, 5.41) is 12.9. The van der Waals surface area contributed by atoms with Crippen LogP contribution in [0.1, 0.15) is 34.8 Å². The Morgan fingerprint density at radius 1 is 1.36 bits per heavy atom. The Bertz CT molecular complexity index is 788. The number of nitrogens with zero attached hydrogens (tertiary/aromatic N) is 1. The molecule has 1 saturated heterocycles. The van der Waals surface area contributed by atoms with E-state index in [0.29, 0.717) is 25.1 Å². The number of ketones is 1. The van der Waals surface area contributed by atoms with Gasteiger partial charge in [-0.3, -0.25) is 9.59 Å². The van der Waals surface area contributed by atoms with Gasteiger partial charge in [0, 0.05) is 12.0 Å². The minimum atomic E-state index is -0.873. The van der Waals surface area contributed by atoms with E-state index in [2.05, 4.69) is 10.3 Å². The average molecular weight is 362 g/mol. The summed E-state index contributed by atoms with van der Waals surface area (Å²) >= 11 is 1.41. The molecule has 132 valence electrons. The van der Waals surface area contributed by atoms with Gasteiger partial charge in [0.05, 0.1) is 16.3 Å². The van der Waals surface area contributed by atoms with Gasteiger partial charge in [0.15, 0.2) is 5.78 Å². The van der Waals surface area contributed by atoms with Crippen LogP contribution >= 0.6 is 11.3 Å². The van der Waals surface area contributed by atoms with Crippen molar-refractivity contribution in [2.24, 2.45) is 5.92 Å². The van der Waals surface area contributed by atoms with Crippen molar-refractivity contribution in [1.29, 1.82) is 0 Å². The number of carbonyl (C=O) groups is 2. The Labute approximate surface area is 148 Å². The van der Waals surface area contributed by atoms with Gasteiger partial charge in [-0.05, 0) is 44.0 Å². The number of aliphatic carboxylic acids is 1. The summed E-state index contributed by atoms with van der Waals surface area (Å²) in [5.41, 5.74) is 1.18. The van der Waals surface area contributed by atoms with Crippen molar-refractivity contribution in [3.63, 3.8) is 0 Å². The summed E-state index contributed by atoms with van der Waals surface area (Å²) in [7, 11) is 0. The largest absolute Gasteiger partial charge is 0.481 e. The number of nitrogens with one attached hydrogen (secondary N) is 1. The number of rotatable bonds is 5. The van der Waals surface area contributed by atoms with Crippen LogP contribution in [0.5, 0.6) is 0 Å². The molecule has 0 saturated carbocycles. The third-order valence-corrected chi connectivity index (χ3v) is 5.38. The normalized spacial score (nSPS) is 20.4. The first-order chi connectivity index (χ1) is 11.9. The lowest BCUT2D eigenvalue weighted by Gasteiger charge is -2.28. The summed E-state index contributed by atoms with van der Waals surface area (Å²) in [4.78, 5) is 29.1. The second-order valence-electron chi connectivity index (χ2n) is 6.25. The maximum absolute atomic E-state index is 13.2. The van der Waals surface area contributed by atoms with Crippen LogP contribution in [0.25, 0.3) is 10.4 Å². The van der Waals surface area contributed by atoms with E-state index in [1.165, 1.54) is 23.5 Å². The van der Waals surface area contributed by atoms with Gasteiger partial charge in [0.2, 0.25) is 0 Å². The second kappa shape index (κ2) is 7.41. The number of hydrogen-bond acceptors (Lipinski definition) is 5. The molecule has 7 heteroatoms. The van der Waals surface area contributed by atoms with Crippen LogP contribution in [0.15, 0.2) is 24.3 Å². The van der Waals surface area contributed by atoms with Crippen molar-refractivity contribution in [2.75, 3.05) is 6.54 Å². The number of aromatic nitrogens is 1. The van der Waals surface area contributed by atoms with E-state index in [-0.39, 0.29) is 30.0 Å². The number of Topliss-reactive ketones (excluding diaryl/α,β-unsaturated/α-hetero) is 1. The summed E-state index contributed by atoms with van der Waals surface area (Å²) < 4.78 is 13.2. The lowest BCUT2D eigenvalue weighted by Crippen LogP contribution is -2.41. The molecule has 0 aliphatic carbocycles. The Hall–Kier alpha value is -2.12. The summed E-state index contributed by atoms with van der Waals surface area (Å²) in [6.07, 6.45) is 1.16. The highest BCUT2D eigenvalue weighted by Gasteiger charge is 2.31. The Kier molecular flexibility index (Phi) is 5.24. The molecule has 3 rings (SSSR count). The molecule has 2 heterocycles. The number of carboxylic acid groups (broad SMARTS) is 1. The van der Waals surface area contributed by atoms with Crippen molar-refractivity contribution in [3.05, 3.63) is 40.8 Å². The van der Waals surface area contributed by atoms with Crippen molar-refractivity contribution in [3.8, 4) is 10.4 Å². The van der Waals surface area contributed by atoms with Crippen LogP contribution in [0.2, 0.25) is 0 Å². The number of benzene rings is 1. The van der Waals surface area contributed by atoms with Gasteiger partial charge >= 0.3 is 5.97 Å². The summed E-state index contributed by atoms with van der Waals surface area (Å²) in [6.45, 7) is 2.45. The first-order valence-corrected chi connectivity index (χ1v) is 8.98. The third kappa shape index (κ3) is 4.11. The van der Waals surface area contributed by atoms with Gasteiger partial charge in [0.25, 0.3) is 0 Å². The second-order valence-corrected chi connectivity index (χ2v) is 7.46. The number of thiazole rings is 1. The first-order valence-electron chi connectivity index (χ1n) is 8.17. The van der Waals surface area contributed by atoms with Crippen molar-refractivity contribution < 1.29 is 19.1 Å². The molecule has 1 aliphatic heterocycles. The minimum Gasteiger partial charge on any atom is -0.481 e. The zero-order chi connectivity index (χ0) is 18.0. The molecule has 2 N–H and O–H groups in total. The molecule has 0 radical (unpaired) electrons. The Balaban J connectivity index is 1.85. The van der Waals surface area contributed by atoms with E-state index in [4.69, 9.17) is 5.11 Å². The van der Waals surface area contributed by atoms with Crippen molar-refractivity contribution in [2.45, 2.75) is 32.2 Å². The smallest absolute Gasteiger partial charge is 0.304 e. The predicted molar refractivity (Wildman–Crippen MR) is 93.3 cm³/mol. The fourth-order valence-corrected chi connectivity index (χ4v) is 4.12. The molecule has 2 unspecified atom stereocenters. The van der Waals surface area contributed by atoms with Crippen LogP contribution in [0, 0.1) is 18.7 Å². The van der Waals surface area contributed by atoms with Gasteiger partial charge in [-0.25, -0.2) is 9.37 Å². The first kappa shape index (κ1) is 17.7. The van der Waals surface area contributed by atoms with E-state index in [1.807, 2.05) is 6.92 Å². The molecule has 0 bridgehead atoms. The van der Waals surface area contributed by atoms with Crippen LogP contribution in [-0.2, 0) is 4.79 Å². The molecule has 1 fully saturated rings. The lowest BCUT2D eigenvalue weighted by atomic mass is 9.86. The lowest BCUT2D eigenvalue weighted by molar-refractivity contribution is -0.137. The van der Waals surface area contributed by atoms with E-state index < -0.39 is 5.97 Å². The highest BCUT2D eigenvalue weighted by Crippen LogP contribution is 2.33. The van der Waals surface area contributed by atoms with Gasteiger partial charge in [-0.15, -0.1) is 11.3 Å². The Morgan fingerprint density at radius 3 is 2.76 bits per heavy atom. The van der Waals surface area contributed by atoms with Gasteiger partial charge < -0.3 is 10.4 Å². The highest BCUT2D eigenvalue weighted by atomic mass is 32.1. The van der Waals surface area contributed by atoms with E-state index in [9.17, 15) is 14.0 Å². The topological polar surface area (TPSA) is 79.3 Å². The van der Waals surface area contributed by atoms with E-state index in [1.54, 1.807) is 12.1 Å². The number of aryl methyl sites for hydroxylation is 1. The molecule has 2 aromatic rings. The van der Waals surface area contributed by atoms with Gasteiger partial charge in [-0.2, -0.15) is 0 Å². The molecule has 1 aromatic heterocycles. The molecule has 0 spiro atoms. The van der Waals surface area contributed by atoms with Crippen LogP contribution in [-0.4, -0.2) is 34.4 Å². The number of hydrogen-bond donors (Lipinski definition) is 2.